The van der Waals surface area contributed by atoms with Crippen LogP contribution in [0.1, 0.15) is 33.3 Å². The van der Waals surface area contributed by atoms with E-state index in [1.807, 2.05) is 13.8 Å². The molecule has 0 bridgehead atoms. The number of hydrogen-bond acceptors (Lipinski definition) is 2. The summed E-state index contributed by atoms with van der Waals surface area (Å²) in [6.07, 6.45) is 0. The molecule has 1 unspecified atom stereocenters. The van der Waals surface area contributed by atoms with Crippen LogP contribution in [0.5, 0.6) is 0 Å². The highest BCUT2D eigenvalue weighted by Crippen LogP contribution is 2.29. The van der Waals surface area contributed by atoms with Crippen LogP contribution in [0.15, 0.2) is 18.2 Å². The van der Waals surface area contributed by atoms with Crippen LogP contribution in [0, 0.1) is 18.7 Å². The molecule has 21 heavy (non-hydrogen) atoms. The zero-order valence-electron chi connectivity index (χ0n) is 13.0. The van der Waals surface area contributed by atoms with Crippen molar-refractivity contribution in [2.24, 2.45) is 5.92 Å². The zero-order chi connectivity index (χ0) is 15.9. The third kappa shape index (κ3) is 2.77. The first kappa shape index (κ1) is 15.5. The Morgan fingerprint density at radius 1 is 1.24 bits per heavy atom. The quantitative estimate of drug-likeness (QED) is 0.910. The maximum atomic E-state index is 13.7. The second kappa shape index (κ2) is 5.13. The van der Waals surface area contributed by atoms with Gasteiger partial charge in [0, 0.05) is 5.69 Å². The predicted molar refractivity (Wildman–Crippen MR) is 79.5 cm³/mol. The Bertz CT molecular complexity index is 576. The largest absolute Gasteiger partial charge is 0.340 e. The van der Waals surface area contributed by atoms with Crippen molar-refractivity contribution < 1.29 is 14.0 Å². The fourth-order valence-electron chi connectivity index (χ4n) is 2.71. The summed E-state index contributed by atoms with van der Waals surface area (Å²) in [6, 6.07) is 3.79. The molecule has 1 aliphatic rings. The molecular weight excluding hydrogens is 271 g/mol. The molecule has 1 saturated heterocycles. The molecule has 4 nitrogen and oxygen atoms in total. The molecule has 0 radical (unpaired) electrons. The van der Waals surface area contributed by atoms with E-state index in [1.54, 1.807) is 26.8 Å². The van der Waals surface area contributed by atoms with Crippen molar-refractivity contribution in [3.63, 3.8) is 0 Å². The first-order valence-corrected chi connectivity index (χ1v) is 7.06. The molecule has 1 fully saturated rings. The van der Waals surface area contributed by atoms with Crippen molar-refractivity contribution in [3.05, 3.63) is 29.6 Å². The third-order valence-electron chi connectivity index (χ3n) is 3.67. The summed E-state index contributed by atoms with van der Waals surface area (Å²) in [6.45, 7) is 8.81. The molecule has 0 saturated carbocycles. The van der Waals surface area contributed by atoms with E-state index in [9.17, 15) is 14.0 Å². The molecular formula is C16H21FN2O2. The van der Waals surface area contributed by atoms with E-state index in [2.05, 4.69) is 5.32 Å². The van der Waals surface area contributed by atoms with Crippen LogP contribution in [0.3, 0.4) is 0 Å². The monoisotopic (exact) mass is 292 g/mol. The van der Waals surface area contributed by atoms with Gasteiger partial charge in [-0.3, -0.25) is 14.5 Å². The summed E-state index contributed by atoms with van der Waals surface area (Å²) in [5.41, 5.74) is 0.145. The summed E-state index contributed by atoms with van der Waals surface area (Å²) < 4.78 is 13.7. The first-order valence-electron chi connectivity index (χ1n) is 7.06. The van der Waals surface area contributed by atoms with Crippen molar-refractivity contribution in [2.75, 3.05) is 4.90 Å². The number of anilines is 1. The smallest absolute Gasteiger partial charge is 0.252 e. The molecule has 5 heteroatoms. The number of aryl methyl sites for hydroxylation is 1. The van der Waals surface area contributed by atoms with Gasteiger partial charge in [-0.1, -0.05) is 13.8 Å². The third-order valence-corrected chi connectivity index (χ3v) is 3.67. The highest BCUT2D eigenvalue weighted by atomic mass is 19.1. The van der Waals surface area contributed by atoms with Crippen LogP contribution >= 0.6 is 0 Å². The number of carbonyl (C=O) groups is 2. The van der Waals surface area contributed by atoms with Gasteiger partial charge in [-0.2, -0.15) is 0 Å². The van der Waals surface area contributed by atoms with E-state index in [1.165, 1.54) is 17.0 Å². The highest BCUT2D eigenvalue weighted by Gasteiger charge is 2.47. The molecule has 1 N–H and O–H groups in total. The summed E-state index contributed by atoms with van der Waals surface area (Å²) >= 11 is 0. The van der Waals surface area contributed by atoms with E-state index in [-0.39, 0.29) is 17.7 Å². The van der Waals surface area contributed by atoms with Crippen LogP contribution in [-0.2, 0) is 9.59 Å². The average Bonchev–Trinajstić information content (AvgIpc) is 2.30. The van der Waals surface area contributed by atoms with Crippen molar-refractivity contribution in [3.8, 4) is 0 Å². The lowest BCUT2D eigenvalue weighted by Gasteiger charge is -2.44. The van der Waals surface area contributed by atoms with Gasteiger partial charge in [0.2, 0.25) is 5.91 Å². The van der Waals surface area contributed by atoms with E-state index >= 15 is 0 Å². The minimum absolute atomic E-state index is 0.0753. The summed E-state index contributed by atoms with van der Waals surface area (Å²) in [7, 11) is 0. The maximum absolute atomic E-state index is 13.7. The van der Waals surface area contributed by atoms with Crippen molar-refractivity contribution in [1.82, 2.24) is 5.32 Å². The van der Waals surface area contributed by atoms with Crippen LogP contribution in [0.2, 0.25) is 0 Å². The number of benzene rings is 1. The number of nitrogens with one attached hydrogen (secondary N) is 1. The second-order valence-corrected chi connectivity index (χ2v) is 6.47. The van der Waals surface area contributed by atoms with Crippen molar-refractivity contribution in [1.29, 1.82) is 0 Å². The molecule has 1 aromatic rings. The van der Waals surface area contributed by atoms with Crippen LogP contribution in [0.4, 0.5) is 10.1 Å². The maximum Gasteiger partial charge on any atom is 0.252 e. The summed E-state index contributed by atoms with van der Waals surface area (Å²) in [5, 5.41) is 2.74. The van der Waals surface area contributed by atoms with Crippen molar-refractivity contribution >= 4 is 17.5 Å². The number of carbonyl (C=O) groups excluding carboxylic acids is 2. The predicted octanol–water partition coefficient (Wildman–Crippen LogP) is 2.40. The highest BCUT2D eigenvalue weighted by molar-refractivity contribution is 6.10. The second-order valence-electron chi connectivity index (χ2n) is 6.47. The van der Waals surface area contributed by atoms with E-state index in [4.69, 9.17) is 0 Å². The Labute approximate surface area is 124 Å². The molecule has 1 aromatic carbocycles. The van der Waals surface area contributed by atoms with Gasteiger partial charge >= 0.3 is 0 Å². The molecule has 1 aliphatic heterocycles. The van der Waals surface area contributed by atoms with Gasteiger partial charge in [0.1, 0.15) is 17.4 Å². The van der Waals surface area contributed by atoms with Crippen LogP contribution in [0.25, 0.3) is 0 Å². The van der Waals surface area contributed by atoms with Crippen molar-refractivity contribution in [2.45, 2.75) is 46.2 Å². The SMILES string of the molecule is Cc1cc(F)cc(N2C(=O)C(C)(C)NC(=O)C2C(C)C)c1. The van der Waals surface area contributed by atoms with Gasteiger partial charge in [-0.15, -0.1) is 0 Å². The standard InChI is InChI=1S/C16H21FN2O2/c1-9(2)13-14(20)18-16(4,5)15(21)19(13)12-7-10(3)6-11(17)8-12/h6-9,13H,1-5H3,(H,18,20). The lowest BCUT2D eigenvalue weighted by molar-refractivity contribution is -0.138. The van der Waals surface area contributed by atoms with Gasteiger partial charge in [0.15, 0.2) is 0 Å². The van der Waals surface area contributed by atoms with Crippen LogP contribution in [-0.4, -0.2) is 23.4 Å². The molecule has 1 heterocycles. The molecule has 2 amide bonds. The minimum Gasteiger partial charge on any atom is -0.340 e. The Morgan fingerprint density at radius 3 is 2.38 bits per heavy atom. The fraction of sp³-hybridized carbons (Fsp3) is 0.500. The number of piperazine rings is 1. The minimum atomic E-state index is -0.997. The Kier molecular flexibility index (Phi) is 3.78. The number of nitrogens with zero attached hydrogens (tertiary/aromatic N) is 1. The first-order chi connectivity index (χ1) is 9.63. The topological polar surface area (TPSA) is 49.4 Å². The van der Waals surface area contributed by atoms with E-state index < -0.39 is 17.4 Å². The van der Waals surface area contributed by atoms with E-state index in [0.29, 0.717) is 11.3 Å². The number of halogens is 1. The number of hydrogen-bond donors (Lipinski definition) is 1. The molecule has 0 aromatic heterocycles. The fourth-order valence-corrected chi connectivity index (χ4v) is 2.71. The molecule has 0 aliphatic carbocycles. The molecule has 114 valence electrons. The summed E-state index contributed by atoms with van der Waals surface area (Å²) in [5.74, 6) is -0.931. The van der Waals surface area contributed by atoms with Crippen LogP contribution < -0.4 is 10.2 Å². The number of rotatable bonds is 2. The van der Waals surface area contributed by atoms with Gasteiger partial charge in [-0.25, -0.2) is 4.39 Å². The average molecular weight is 292 g/mol. The number of amides is 2. The Balaban J connectivity index is 2.57. The Morgan fingerprint density at radius 2 is 1.86 bits per heavy atom. The van der Waals surface area contributed by atoms with Gasteiger partial charge in [-0.05, 0) is 50.5 Å². The molecule has 1 atom stereocenters. The Hall–Kier alpha value is -1.91. The normalized spacial score (nSPS) is 21.7. The van der Waals surface area contributed by atoms with E-state index in [0.717, 1.165) is 0 Å². The van der Waals surface area contributed by atoms with Gasteiger partial charge in [0.05, 0.1) is 0 Å². The lowest BCUT2D eigenvalue weighted by atomic mass is 9.91. The molecule has 0 spiro atoms. The zero-order valence-corrected chi connectivity index (χ0v) is 13.0. The van der Waals surface area contributed by atoms with Gasteiger partial charge in [0.25, 0.3) is 5.91 Å². The lowest BCUT2D eigenvalue weighted by Crippen LogP contribution is -2.69. The van der Waals surface area contributed by atoms with Gasteiger partial charge < -0.3 is 5.32 Å². The summed E-state index contributed by atoms with van der Waals surface area (Å²) in [4.78, 5) is 26.5. The molecule has 2 rings (SSSR count).